The van der Waals surface area contributed by atoms with Gasteiger partial charge >= 0.3 is 6.03 Å². The summed E-state index contributed by atoms with van der Waals surface area (Å²) in [6, 6.07) is 5.20. The van der Waals surface area contributed by atoms with Crippen molar-refractivity contribution in [2.45, 2.75) is 70.6 Å². The second kappa shape index (κ2) is 11.5. The van der Waals surface area contributed by atoms with Crippen LogP contribution in [0, 0.1) is 5.92 Å². The van der Waals surface area contributed by atoms with E-state index in [1.54, 1.807) is 4.90 Å². The Morgan fingerprint density at radius 2 is 2.03 bits per heavy atom. The number of hydrogen-bond acceptors (Lipinski definition) is 5. The van der Waals surface area contributed by atoms with Gasteiger partial charge in [-0.1, -0.05) is 26.2 Å². The quantitative estimate of drug-likeness (QED) is 0.538. The number of amides is 3. The topological polar surface area (TPSA) is 103 Å². The first-order chi connectivity index (χ1) is 15.4. The number of likely N-dealkylation sites (N-methyl/N-ethyl adjacent to an activating group) is 1. The van der Waals surface area contributed by atoms with Gasteiger partial charge in [0.15, 0.2) is 0 Å². The molecule has 178 valence electrons. The normalized spacial score (nSPS) is 23.2. The van der Waals surface area contributed by atoms with Gasteiger partial charge in [-0.15, -0.1) is 0 Å². The van der Waals surface area contributed by atoms with Crippen LogP contribution in [0.5, 0.6) is 5.75 Å². The number of fused-ring (bicyclic) bond motifs is 1. The van der Waals surface area contributed by atoms with Gasteiger partial charge in [0, 0.05) is 36.3 Å². The second-order valence-corrected chi connectivity index (χ2v) is 9.20. The number of rotatable bonds is 6. The smallest absolute Gasteiger partial charge is 0.319 e. The molecule has 1 fully saturated rings. The van der Waals surface area contributed by atoms with Crippen molar-refractivity contribution in [1.29, 1.82) is 0 Å². The molecule has 1 saturated carbocycles. The standard InChI is InChI=1S/C24H38N4O4/c1-16-14-28(17(2)15-29)23(30)12-18-11-20(9-10-21(18)32-22(16)13-25-3)27-24(31)26-19-7-5-4-6-8-19/h9-11,16-17,19,22,25,29H,4-8,12-15H2,1-3H3,(H2,26,27,31)/t16-,17-,22-/m1/s1. The van der Waals surface area contributed by atoms with Crippen molar-refractivity contribution >= 4 is 17.6 Å². The van der Waals surface area contributed by atoms with Crippen LogP contribution in [0.3, 0.4) is 0 Å². The molecule has 0 radical (unpaired) electrons. The van der Waals surface area contributed by atoms with Crippen LogP contribution in [-0.4, -0.2) is 66.9 Å². The van der Waals surface area contributed by atoms with E-state index < -0.39 is 0 Å². The third kappa shape index (κ3) is 6.36. The Labute approximate surface area is 191 Å². The first kappa shape index (κ1) is 24.3. The third-order valence-corrected chi connectivity index (χ3v) is 6.52. The maximum absolute atomic E-state index is 13.1. The molecule has 0 spiro atoms. The zero-order chi connectivity index (χ0) is 23.1. The summed E-state index contributed by atoms with van der Waals surface area (Å²) in [5.74, 6) is 0.671. The Hall–Kier alpha value is -2.32. The van der Waals surface area contributed by atoms with Crippen molar-refractivity contribution in [3.63, 3.8) is 0 Å². The van der Waals surface area contributed by atoms with Crippen molar-refractivity contribution in [2.75, 3.05) is 32.1 Å². The maximum Gasteiger partial charge on any atom is 0.319 e. The lowest BCUT2D eigenvalue weighted by molar-refractivity contribution is -0.134. The van der Waals surface area contributed by atoms with Gasteiger partial charge in [-0.05, 0) is 45.0 Å². The average Bonchev–Trinajstić information content (AvgIpc) is 2.82. The highest BCUT2D eigenvalue weighted by Gasteiger charge is 2.30. The summed E-state index contributed by atoms with van der Waals surface area (Å²) < 4.78 is 6.33. The molecule has 8 nitrogen and oxygen atoms in total. The number of aliphatic hydroxyl groups excluding tert-OH is 1. The number of nitrogens with zero attached hydrogens (tertiary/aromatic N) is 1. The molecule has 1 aliphatic carbocycles. The fraction of sp³-hybridized carbons (Fsp3) is 0.667. The number of carbonyl (C=O) groups excluding carboxylic acids is 2. The van der Waals surface area contributed by atoms with E-state index in [1.165, 1.54) is 6.42 Å². The number of benzene rings is 1. The van der Waals surface area contributed by atoms with Crippen LogP contribution in [0.2, 0.25) is 0 Å². The number of urea groups is 1. The Morgan fingerprint density at radius 3 is 2.72 bits per heavy atom. The SMILES string of the molecule is CNC[C@H]1Oc2ccc(NC(=O)NC3CCCCC3)cc2CC(=O)N([C@H](C)CO)C[C@H]1C. The lowest BCUT2D eigenvalue weighted by Gasteiger charge is -2.32. The molecule has 3 amide bonds. The minimum Gasteiger partial charge on any atom is -0.488 e. The van der Waals surface area contributed by atoms with Gasteiger partial charge in [-0.2, -0.15) is 0 Å². The molecule has 0 aromatic heterocycles. The first-order valence-corrected chi connectivity index (χ1v) is 11.8. The van der Waals surface area contributed by atoms with Crippen LogP contribution < -0.4 is 20.7 Å². The molecule has 1 aromatic carbocycles. The number of carbonyl (C=O) groups is 2. The molecule has 0 bridgehead atoms. The molecule has 2 aliphatic rings. The van der Waals surface area contributed by atoms with Crippen molar-refractivity contribution < 1.29 is 19.4 Å². The van der Waals surface area contributed by atoms with Crippen LogP contribution in [0.4, 0.5) is 10.5 Å². The lowest BCUT2D eigenvalue weighted by atomic mass is 9.96. The molecular weight excluding hydrogens is 408 g/mol. The monoisotopic (exact) mass is 446 g/mol. The number of hydrogen-bond donors (Lipinski definition) is 4. The Bertz CT molecular complexity index is 781. The zero-order valence-corrected chi connectivity index (χ0v) is 19.5. The second-order valence-electron chi connectivity index (χ2n) is 9.20. The van der Waals surface area contributed by atoms with E-state index in [2.05, 4.69) is 22.9 Å². The minimum absolute atomic E-state index is 0.0582. The van der Waals surface area contributed by atoms with Crippen LogP contribution in [0.25, 0.3) is 0 Å². The van der Waals surface area contributed by atoms with Crippen molar-refractivity contribution in [3.05, 3.63) is 23.8 Å². The molecule has 0 saturated heterocycles. The zero-order valence-electron chi connectivity index (χ0n) is 19.5. The molecule has 1 heterocycles. The molecule has 8 heteroatoms. The fourth-order valence-corrected chi connectivity index (χ4v) is 4.55. The fourth-order valence-electron chi connectivity index (χ4n) is 4.55. The van der Waals surface area contributed by atoms with E-state index >= 15 is 0 Å². The predicted octanol–water partition coefficient (Wildman–Crippen LogP) is 2.51. The lowest BCUT2D eigenvalue weighted by Crippen LogP contribution is -2.47. The Kier molecular flexibility index (Phi) is 8.75. The molecule has 3 rings (SSSR count). The van der Waals surface area contributed by atoms with E-state index in [9.17, 15) is 14.7 Å². The third-order valence-electron chi connectivity index (χ3n) is 6.52. The summed E-state index contributed by atoms with van der Waals surface area (Å²) in [5, 5.41) is 18.8. The summed E-state index contributed by atoms with van der Waals surface area (Å²) in [6.45, 7) is 4.97. The molecule has 4 N–H and O–H groups in total. The maximum atomic E-state index is 13.1. The summed E-state index contributed by atoms with van der Waals surface area (Å²) in [7, 11) is 1.88. The molecule has 3 atom stereocenters. The number of aliphatic hydroxyl groups is 1. The summed E-state index contributed by atoms with van der Waals surface area (Å²) >= 11 is 0. The van der Waals surface area contributed by atoms with Gasteiger partial charge in [0.05, 0.1) is 19.1 Å². The van der Waals surface area contributed by atoms with Crippen LogP contribution >= 0.6 is 0 Å². The van der Waals surface area contributed by atoms with Crippen LogP contribution in [0.1, 0.15) is 51.5 Å². The van der Waals surface area contributed by atoms with E-state index in [-0.39, 0.29) is 49.1 Å². The van der Waals surface area contributed by atoms with E-state index in [1.807, 2.05) is 32.2 Å². The van der Waals surface area contributed by atoms with Gasteiger partial charge in [0.25, 0.3) is 0 Å². The van der Waals surface area contributed by atoms with E-state index in [0.29, 0.717) is 24.5 Å². The molecule has 1 aliphatic heterocycles. The molecule has 0 unspecified atom stereocenters. The Morgan fingerprint density at radius 1 is 1.28 bits per heavy atom. The highest BCUT2D eigenvalue weighted by molar-refractivity contribution is 5.90. The minimum atomic E-state index is -0.274. The van der Waals surface area contributed by atoms with Gasteiger partial charge in [0.2, 0.25) is 5.91 Å². The van der Waals surface area contributed by atoms with Crippen molar-refractivity contribution in [2.24, 2.45) is 5.92 Å². The van der Waals surface area contributed by atoms with E-state index in [0.717, 1.165) is 31.2 Å². The number of ether oxygens (including phenoxy) is 1. The van der Waals surface area contributed by atoms with E-state index in [4.69, 9.17) is 4.74 Å². The van der Waals surface area contributed by atoms with Gasteiger partial charge in [-0.25, -0.2) is 4.79 Å². The number of anilines is 1. The largest absolute Gasteiger partial charge is 0.488 e. The average molecular weight is 447 g/mol. The highest BCUT2D eigenvalue weighted by Crippen LogP contribution is 2.29. The van der Waals surface area contributed by atoms with Crippen molar-refractivity contribution in [1.82, 2.24) is 15.5 Å². The van der Waals surface area contributed by atoms with Gasteiger partial charge in [0.1, 0.15) is 11.9 Å². The molecule has 1 aromatic rings. The number of nitrogens with one attached hydrogen (secondary N) is 3. The van der Waals surface area contributed by atoms with Gasteiger partial charge < -0.3 is 30.7 Å². The van der Waals surface area contributed by atoms with Crippen molar-refractivity contribution in [3.8, 4) is 5.75 Å². The van der Waals surface area contributed by atoms with Crippen LogP contribution in [0.15, 0.2) is 18.2 Å². The van der Waals surface area contributed by atoms with Gasteiger partial charge in [-0.3, -0.25) is 4.79 Å². The predicted molar refractivity (Wildman–Crippen MR) is 125 cm³/mol. The summed E-state index contributed by atoms with van der Waals surface area (Å²) in [4.78, 5) is 27.4. The summed E-state index contributed by atoms with van der Waals surface area (Å²) in [5.41, 5.74) is 1.36. The highest BCUT2D eigenvalue weighted by atomic mass is 16.5. The van der Waals surface area contributed by atoms with Crippen LogP contribution in [-0.2, 0) is 11.2 Å². The summed E-state index contributed by atoms with van der Waals surface area (Å²) in [6.07, 6.45) is 5.59. The first-order valence-electron chi connectivity index (χ1n) is 11.8. The molecule has 32 heavy (non-hydrogen) atoms. The molecular formula is C24H38N4O4. The Balaban J connectivity index is 1.80.